The molecular weight excluding hydrogens is 228 g/mol. The highest BCUT2D eigenvalue weighted by molar-refractivity contribution is 4.96. The van der Waals surface area contributed by atoms with Gasteiger partial charge in [-0.2, -0.15) is 0 Å². The molecule has 0 atom stereocenters. The van der Waals surface area contributed by atoms with Crippen LogP contribution in [0.15, 0.2) is 24.3 Å². The van der Waals surface area contributed by atoms with E-state index in [4.69, 9.17) is 0 Å². The van der Waals surface area contributed by atoms with Crippen LogP contribution in [0.3, 0.4) is 0 Å². The highest BCUT2D eigenvalue weighted by Gasteiger charge is 2.16. The molecule has 0 spiro atoms. The highest BCUT2D eigenvalue weighted by Crippen LogP contribution is 2.30. The molecule has 1 fully saturated rings. The lowest BCUT2D eigenvalue weighted by molar-refractivity contribution is 0.355. The van der Waals surface area contributed by atoms with Crippen LogP contribution in [-0.2, 0) is 0 Å². The standard InChI is InChI=1S/C19H34/c1-3-5-7-8-9-11-13-19-16-14-18(15-17-19)12-10-6-4-2/h10-13,18-19H,3-9,14-17H2,1-2H3/b12-10+,13-11+. The van der Waals surface area contributed by atoms with Gasteiger partial charge < -0.3 is 0 Å². The largest absolute Gasteiger partial charge is 0.0883 e. The van der Waals surface area contributed by atoms with Crippen LogP contribution in [0, 0.1) is 11.8 Å². The van der Waals surface area contributed by atoms with Crippen molar-refractivity contribution in [1.82, 2.24) is 0 Å². The molecule has 19 heavy (non-hydrogen) atoms. The molecule has 1 aliphatic carbocycles. The molecule has 0 saturated heterocycles. The summed E-state index contributed by atoms with van der Waals surface area (Å²) in [7, 11) is 0. The summed E-state index contributed by atoms with van der Waals surface area (Å²) in [5.41, 5.74) is 0. The average Bonchev–Trinajstić information content (AvgIpc) is 2.44. The summed E-state index contributed by atoms with van der Waals surface area (Å²) in [5, 5.41) is 0. The van der Waals surface area contributed by atoms with E-state index in [-0.39, 0.29) is 0 Å². The fourth-order valence-corrected chi connectivity index (χ4v) is 2.96. The van der Waals surface area contributed by atoms with E-state index in [1.54, 1.807) is 0 Å². The van der Waals surface area contributed by atoms with Crippen molar-refractivity contribution in [2.75, 3.05) is 0 Å². The zero-order chi connectivity index (χ0) is 13.8. The number of hydrogen-bond donors (Lipinski definition) is 0. The van der Waals surface area contributed by atoms with Crippen molar-refractivity contribution in [3.8, 4) is 0 Å². The Bertz CT molecular complexity index is 241. The van der Waals surface area contributed by atoms with Gasteiger partial charge in [0.15, 0.2) is 0 Å². The van der Waals surface area contributed by atoms with E-state index in [0.29, 0.717) is 0 Å². The van der Waals surface area contributed by atoms with Crippen LogP contribution in [0.5, 0.6) is 0 Å². The number of rotatable bonds is 9. The number of hydrogen-bond acceptors (Lipinski definition) is 0. The van der Waals surface area contributed by atoms with Crippen molar-refractivity contribution in [1.29, 1.82) is 0 Å². The summed E-state index contributed by atoms with van der Waals surface area (Å²) in [6, 6.07) is 0. The minimum absolute atomic E-state index is 0.876. The maximum absolute atomic E-state index is 2.51. The molecule has 0 N–H and O–H groups in total. The predicted octanol–water partition coefficient (Wildman–Crippen LogP) is 6.68. The van der Waals surface area contributed by atoms with Gasteiger partial charge in [0.05, 0.1) is 0 Å². The summed E-state index contributed by atoms with van der Waals surface area (Å²) in [6.07, 6.45) is 24.9. The van der Waals surface area contributed by atoms with Gasteiger partial charge in [-0.1, -0.05) is 63.8 Å². The van der Waals surface area contributed by atoms with E-state index in [1.165, 1.54) is 70.6 Å². The first kappa shape index (κ1) is 16.5. The van der Waals surface area contributed by atoms with Crippen molar-refractivity contribution < 1.29 is 0 Å². The normalized spacial score (nSPS) is 24.5. The van der Waals surface area contributed by atoms with Gasteiger partial charge in [0.25, 0.3) is 0 Å². The van der Waals surface area contributed by atoms with E-state index >= 15 is 0 Å². The summed E-state index contributed by atoms with van der Waals surface area (Å²) in [4.78, 5) is 0. The molecule has 0 aromatic carbocycles. The second kappa shape index (κ2) is 11.3. The Morgan fingerprint density at radius 1 is 0.684 bits per heavy atom. The molecule has 0 heteroatoms. The zero-order valence-electron chi connectivity index (χ0n) is 13.2. The van der Waals surface area contributed by atoms with Gasteiger partial charge in [-0.3, -0.25) is 0 Å². The van der Waals surface area contributed by atoms with Crippen LogP contribution >= 0.6 is 0 Å². The van der Waals surface area contributed by atoms with E-state index in [1.807, 2.05) is 0 Å². The molecule has 0 aromatic heterocycles. The highest BCUT2D eigenvalue weighted by atomic mass is 14.2. The van der Waals surface area contributed by atoms with Crippen LogP contribution in [-0.4, -0.2) is 0 Å². The topological polar surface area (TPSA) is 0 Å². The molecular formula is C19H34. The molecule has 0 aliphatic heterocycles. The van der Waals surface area contributed by atoms with Gasteiger partial charge in [0.1, 0.15) is 0 Å². The Labute approximate surface area is 121 Å². The first-order valence-corrected chi connectivity index (χ1v) is 8.70. The molecule has 0 aromatic rings. The Kier molecular flexibility index (Phi) is 9.85. The summed E-state index contributed by atoms with van der Waals surface area (Å²) in [5.74, 6) is 1.75. The van der Waals surface area contributed by atoms with Gasteiger partial charge in [0.2, 0.25) is 0 Å². The molecule has 1 aliphatic rings. The van der Waals surface area contributed by atoms with Crippen LogP contribution in [0.2, 0.25) is 0 Å². The molecule has 0 unspecified atom stereocenters. The summed E-state index contributed by atoms with van der Waals surface area (Å²) < 4.78 is 0. The maximum atomic E-state index is 2.51. The van der Waals surface area contributed by atoms with Crippen molar-refractivity contribution >= 4 is 0 Å². The third-order valence-corrected chi connectivity index (χ3v) is 4.31. The maximum Gasteiger partial charge on any atom is -0.0233 e. The third kappa shape index (κ3) is 8.29. The fraction of sp³-hybridized carbons (Fsp3) is 0.789. The molecule has 0 amide bonds. The molecule has 0 bridgehead atoms. The third-order valence-electron chi connectivity index (χ3n) is 4.31. The van der Waals surface area contributed by atoms with Crippen LogP contribution in [0.25, 0.3) is 0 Å². The quantitative estimate of drug-likeness (QED) is 0.321. The Balaban J connectivity index is 2.07. The van der Waals surface area contributed by atoms with E-state index in [2.05, 4.69) is 38.2 Å². The van der Waals surface area contributed by atoms with Crippen LogP contribution in [0.1, 0.15) is 84.5 Å². The van der Waals surface area contributed by atoms with Gasteiger partial charge in [-0.25, -0.2) is 0 Å². The molecule has 1 rings (SSSR count). The van der Waals surface area contributed by atoms with Crippen molar-refractivity contribution in [2.24, 2.45) is 11.8 Å². The minimum atomic E-state index is 0.876. The first-order valence-electron chi connectivity index (χ1n) is 8.70. The summed E-state index contributed by atoms with van der Waals surface area (Å²) in [6.45, 7) is 4.54. The van der Waals surface area contributed by atoms with Gasteiger partial charge in [-0.15, -0.1) is 0 Å². The van der Waals surface area contributed by atoms with Gasteiger partial charge in [-0.05, 0) is 56.8 Å². The fourth-order valence-electron chi connectivity index (χ4n) is 2.96. The SMILES string of the molecule is CCC/C=C/C1CCC(/C=C/CCCCCC)CC1. The second-order valence-corrected chi connectivity index (χ2v) is 6.17. The second-order valence-electron chi connectivity index (χ2n) is 6.17. The number of unbranched alkanes of at least 4 members (excludes halogenated alkanes) is 5. The molecule has 0 nitrogen and oxygen atoms in total. The van der Waals surface area contributed by atoms with E-state index in [9.17, 15) is 0 Å². The first-order chi connectivity index (χ1) is 9.36. The van der Waals surface area contributed by atoms with Gasteiger partial charge >= 0.3 is 0 Å². The average molecular weight is 262 g/mol. The Morgan fingerprint density at radius 3 is 1.79 bits per heavy atom. The molecule has 0 heterocycles. The van der Waals surface area contributed by atoms with Crippen molar-refractivity contribution in [3.05, 3.63) is 24.3 Å². The van der Waals surface area contributed by atoms with Crippen molar-refractivity contribution in [2.45, 2.75) is 84.5 Å². The number of allylic oxidation sites excluding steroid dienone is 4. The lowest BCUT2D eigenvalue weighted by atomic mass is 9.81. The Morgan fingerprint density at radius 2 is 1.26 bits per heavy atom. The predicted molar refractivity (Wildman–Crippen MR) is 87.4 cm³/mol. The minimum Gasteiger partial charge on any atom is -0.0883 e. The monoisotopic (exact) mass is 262 g/mol. The van der Waals surface area contributed by atoms with E-state index < -0.39 is 0 Å². The molecule has 0 radical (unpaired) electrons. The molecule has 1 saturated carbocycles. The van der Waals surface area contributed by atoms with Crippen LogP contribution in [0.4, 0.5) is 0 Å². The van der Waals surface area contributed by atoms with Crippen LogP contribution < -0.4 is 0 Å². The smallest absolute Gasteiger partial charge is 0.0233 e. The van der Waals surface area contributed by atoms with Gasteiger partial charge in [0, 0.05) is 0 Å². The van der Waals surface area contributed by atoms with Crippen molar-refractivity contribution in [3.63, 3.8) is 0 Å². The Hall–Kier alpha value is -0.520. The lowest BCUT2D eigenvalue weighted by Crippen LogP contribution is -2.11. The van der Waals surface area contributed by atoms with E-state index in [0.717, 1.165) is 11.8 Å². The zero-order valence-corrected chi connectivity index (χ0v) is 13.2. The molecule has 110 valence electrons. The summed E-state index contributed by atoms with van der Waals surface area (Å²) >= 11 is 0. The lowest BCUT2D eigenvalue weighted by Gasteiger charge is -2.24.